The number of halogens is 3. The van der Waals surface area contributed by atoms with Crippen molar-refractivity contribution in [3.8, 4) is 10.8 Å². The van der Waals surface area contributed by atoms with Gasteiger partial charge in [0, 0.05) is 46.6 Å². The number of aromatic nitrogens is 1. The first-order chi connectivity index (χ1) is 10.6. The molecule has 0 aliphatic heterocycles. The number of hydrogen-bond acceptors (Lipinski definition) is 1. The van der Waals surface area contributed by atoms with Gasteiger partial charge in [0.25, 0.3) is 5.56 Å². The average Bonchev–Trinajstić information content (AvgIpc) is 2.52. The first kappa shape index (κ1) is 16.4. The maximum absolute atomic E-state index is 14.1. The van der Waals surface area contributed by atoms with Gasteiger partial charge in [0.05, 0.1) is 0 Å². The SMILES string of the molecule is CCn1cccc(C(CC#CBr)c2cc(F)ccc2F)c1=O. The van der Waals surface area contributed by atoms with Crippen LogP contribution in [0.15, 0.2) is 41.3 Å². The molecule has 0 aliphatic rings. The van der Waals surface area contributed by atoms with Gasteiger partial charge in [-0.2, -0.15) is 0 Å². The molecule has 0 radical (unpaired) electrons. The van der Waals surface area contributed by atoms with E-state index < -0.39 is 17.6 Å². The van der Waals surface area contributed by atoms with Crippen LogP contribution in [0.2, 0.25) is 0 Å². The van der Waals surface area contributed by atoms with Gasteiger partial charge in [0.1, 0.15) is 11.6 Å². The predicted octanol–water partition coefficient (Wildman–Crippen LogP) is 4.02. The third-order valence-electron chi connectivity index (χ3n) is 3.47. The van der Waals surface area contributed by atoms with E-state index in [1.54, 1.807) is 18.3 Å². The molecule has 5 heteroatoms. The molecule has 1 heterocycles. The Balaban J connectivity index is 2.62. The van der Waals surface area contributed by atoms with Crippen LogP contribution in [0.25, 0.3) is 0 Å². The summed E-state index contributed by atoms with van der Waals surface area (Å²) in [5.41, 5.74) is 0.334. The van der Waals surface area contributed by atoms with Crippen LogP contribution >= 0.6 is 15.9 Å². The fraction of sp³-hybridized carbons (Fsp3) is 0.235. The summed E-state index contributed by atoms with van der Waals surface area (Å²) in [6.45, 7) is 2.36. The van der Waals surface area contributed by atoms with Crippen LogP contribution in [0.5, 0.6) is 0 Å². The lowest BCUT2D eigenvalue weighted by atomic mass is 9.89. The molecule has 0 N–H and O–H groups in total. The molecule has 22 heavy (non-hydrogen) atoms. The van der Waals surface area contributed by atoms with Crippen LogP contribution in [0.4, 0.5) is 8.78 Å². The number of aryl methyl sites for hydroxylation is 1. The number of benzene rings is 1. The minimum Gasteiger partial charge on any atom is -0.316 e. The molecule has 114 valence electrons. The quantitative estimate of drug-likeness (QED) is 0.749. The van der Waals surface area contributed by atoms with Crippen molar-refractivity contribution in [3.63, 3.8) is 0 Å². The smallest absolute Gasteiger partial charge is 0.254 e. The maximum atomic E-state index is 14.1. The zero-order valence-corrected chi connectivity index (χ0v) is 13.5. The second-order valence-electron chi connectivity index (χ2n) is 4.75. The normalized spacial score (nSPS) is 11.6. The molecule has 2 aromatic rings. The van der Waals surface area contributed by atoms with Gasteiger partial charge in [0.2, 0.25) is 0 Å². The summed E-state index contributed by atoms with van der Waals surface area (Å²) in [5.74, 6) is 1.08. The highest BCUT2D eigenvalue weighted by molar-refractivity contribution is 9.12. The molecule has 0 fully saturated rings. The Kier molecular flexibility index (Phi) is 5.51. The molecule has 0 saturated carbocycles. The fourth-order valence-corrected chi connectivity index (χ4v) is 2.54. The molecule has 1 aromatic carbocycles. The van der Waals surface area contributed by atoms with Crippen LogP contribution in [-0.4, -0.2) is 4.57 Å². The Labute approximate surface area is 135 Å². The van der Waals surface area contributed by atoms with E-state index in [0.29, 0.717) is 12.1 Å². The minimum atomic E-state index is -0.618. The molecule has 0 amide bonds. The van der Waals surface area contributed by atoms with Gasteiger partial charge in [-0.3, -0.25) is 4.79 Å². The lowest BCUT2D eigenvalue weighted by molar-refractivity contribution is 0.573. The van der Waals surface area contributed by atoms with Gasteiger partial charge in [-0.1, -0.05) is 12.0 Å². The van der Waals surface area contributed by atoms with E-state index >= 15 is 0 Å². The molecule has 0 saturated heterocycles. The zero-order valence-electron chi connectivity index (χ0n) is 11.9. The monoisotopic (exact) mass is 365 g/mol. The highest BCUT2D eigenvalue weighted by Gasteiger charge is 2.21. The highest BCUT2D eigenvalue weighted by atomic mass is 79.9. The summed E-state index contributed by atoms with van der Waals surface area (Å²) in [6.07, 6.45) is 1.88. The average molecular weight is 366 g/mol. The fourth-order valence-electron chi connectivity index (χ4n) is 2.38. The molecule has 1 atom stereocenters. The third-order valence-corrected chi connectivity index (χ3v) is 3.75. The molecular weight excluding hydrogens is 352 g/mol. The van der Waals surface area contributed by atoms with E-state index in [4.69, 9.17) is 0 Å². The van der Waals surface area contributed by atoms with Gasteiger partial charge in [-0.15, -0.1) is 0 Å². The second-order valence-corrected chi connectivity index (χ2v) is 5.15. The topological polar surface area (TPSA) is 22.0 Å². The summed E-state index contributed by atoms with van der Waals surface area (Å²) in [7, 11) is 0. The maximum Gasteiger partial charge on any atom is 0.254 e. The predicted molar refractivity (Wildman–Crippen MR) is 85.9 cm³/mol. The largest absolute Gasteiger partial charge is 0.316 e. The molecular formula is C17H14BrF2NO. The molecule has 1 unspecified atom stereocenters. The van der Waals surface area contributed by atoms with Crippen molar-refractivity contribution in [1.29, 1.82) is 0 Å². The van der Waals surface area contributed by atoms with E-state index in [-0.39, 0.29) is 17.5 Å². The van der Waals surface area contributed by atoms with Crippen molar-refractivity contribution in [1.82, 2.24) is 4.57 Å². The summed E-state index contributed by atoms with van der Waals surface area (Å²) < 4.78 is 29.1. The number of pyridine rings is 1. The highest BCUT2D eigenvalue weighted by Crippen LogP contribution is 2.28. The molecule has 2 rings (SSSR count). The minimum absolute atomic E-state index is 0.140. The third kappa shape index (κ3) is 3.45. The first-order valence-electron chi connectivity index (χ1n) is 6.81. The second kappa shape index (κ2) is 7.37. The van der Waals surface area contributed by atoms with Crippen LogP contribution in [0, 0.1) is 22.4 Å². The Morgan fingerprint density at radius 1 is 1.27 bits per heavy atom. The van der Waals surface area contributed by atoms with Gasteiger partial charge in [0.15, 0.2) is 0 Å². The summed E-state index contributed by atoms with van der Waals surface area (Å²) >= 11 is 2.99. The van der Waals surface area contributed by atoms with Crippen LogP contribution in [0.3, 0.4) is 0 Å². The molecule has 0 spiro atoms. The Morgan fingerprint density at radius 3 is 2.73 bits per heavy atom. The van der Waals surface area contributed by atoms with Crippen LogP contribution < -0.4 is 5.56 Å². The standard InChI is InChI=1S/C17H14BrF2NO/c1-2-21-10-4-6-14(17(21)22)13(5-3-9-18)15-11-12(19)7-8-16(15)20/h4,6-8,10-11,13H,2,5H2,1H3. The van der Waals surface area contributed by atoms with Crippen molar-refractivity contribution in [2.45, 2.75) is 25.8 Å². The van der Waals surface area contributed by atoms with E-state index in [1.165, 1.54) is 4.57 Å². The summed E-state index contributed by atoms with van der Waals surface area (Å²) in [6, 6.07) is 6.62. The summed E-state index contributed by atoms with van der Waals surface area (Å²) in [4.78, 5) is 15.0. The van der Waals surface area contributed by atoms with E-state index in [9.17, 15) is 13.6 Å². The van der Waals surface area contributed by atoms with Crippen LogP contribution in [0.1, 0.15) is 30.4 Å². The Hall–Kier alpha value is -1.93. The number of rotatable bonds is 4. The van der Waals surface area contributed by atoms with Crippen molar-refractivity contribution in [3.05, 3.63) is 69.6 Å². The van der Waals surface area contributed by atoms with Crippen molar-refractivity contribution in [2.24, 2.45) is 0 Å². The van der Waals surface area contributed by atoms with Gasteiger partial charge in [-0.25, -0.2) is 8.78 Å². The van der Waals surface area contributed by atoms with E-state index in [1.807, 2.05) is 6.92 Å². The van der Waals surface area contributed by atoms with E-state index in [0.717, 1.165) is 18.2 Å². The number of nitrogens with zero attached hydrogens (tertiary/aromatic N) is 1. The van der Waals surface area contributed by atoms with Gasteiger partial charge < -0.3 is 4.57 Å². The number of hydrogen-bond donors (Lipinski definition) is 0. The van der Waals surface area contributed by atoms with Crippen LogP contribution in [-0.2, 0) is 6.54 Å². The van der Waals surface area contributed by atoms with E-state index in [2.05, 4.69) is 26.7 Å². The lowest BCUT2D eigenvalue weighted by Gasteiger charge is -2.17. The Morgan fingerprint density at radius 2 is 2.05 bits per heavy atom. The summed E-state index contributed by atoms with van der Waals surface area (Å²) in [5, 5.41) is 0. The first-order valence-corrected chi connectivity index (χ1v) is 7.60. The van der Waals surface area contributed by atoms with Gasteiger partial charge >= 0.3 is 0 Å². The molecule has 0 aliphatic carbocycles. The Bertz CT molecular complexity index is 789. The molecule has 2 nitrogen and oxygen atoms in total. The molecule has 1 aromatic heterocycles. The van der Waals surface area contributed by atoms with Crippen molar-refractivity contribution < 1.29 is 8.78 Å². The lowest BCUT2D eigenvalue weighted by Crippen LogP contribution is -2.25. The zero-order chi connectivity index (χ0) is 16.1. The molecule has 0 bridgehead atoms. The van der Waals surface area contributed by atoms with Gasteiger partial charge in [-0.05, 0) is 41.6 Å². The van der Waals surface area contributed by atoms with Crippen molar-refractivity contribution >= 4 is 15.9 Å². The van der Waals surface area contributed by atoms with Crippen molar-refractivity contribution in [2.75, 3.05) is 0 Å².